The first-order valence-electron chi connectivity index (χ1n) is 11.4. The van der Waals surface area contributed by atoms with Crippen LogP contribution in [0.3, 0.4) is 0 Å². The van der Waals surface area contributed by atoms with Gasteiger partial charge in [-0.05, 0) is 56.9 Å². The van der Waals surface area contributed by atoms with Crippen molar-refractivity contribution in [2.24, 2.45) is 5.92 Å². The fourth-order valence-corrected chi connectivity index (χ4v) is 6.09. The molecule has 1 atom stereocenters. The van der Waals surface area contributed by atoms with Crippen molar-refractivity contribution in [3.63, 3.8) is 0 Å². The molecule has 3 nitrogen and oxygen atoms in total. The lowest BCUT2D eigenvalue weighted by molar-refractivity contribution is 0.0847. The van der Waals surface area contributed by atoms with Crippen LogP contribution in [0.5, 0.6) is 0 Å². The van der Waals surface area contributed by atoms with Gasteiger partial charge in [0.15, 0.2) is 5.78 Å². The third kappa shape index (κ3) is 5.60. The van der Waals surface area contributed by atoms with Crippen LogP contribution in [0, 0.1) is 12.8 Å². The number of carbonyl (C=O) groups excluding carboxylic acids is 1. The second kappa shape index (κ2) is 11.3. The smallest absolute Gasteiger partial charge is 0.164 e. The van der Waals surface area contributed by atoms with Crippen molar-refractivity contribution in [1.82, 2.24) is 0 Å². The summed E-state index contributed by atoms with van der Waals surface area (Å²) in [6.45, 7) is 16.0. The van der Waals surface area contributed by atoms with Crippen molar-refractivity contribution in [3.8, 4) is 0 Å². The number of thiophene rings is 1. The van der Waals surface area contributed by atoms with E-state index in [1.54, 1.807) is 0 Å². The van der Waals surface area contributed by atoms with Gasteiger partial charge in [0.2, 0.25) is 0 Å². The lowest BCUT2D eigenvalue weighted by Crippen LogP contribution is -2.39. The Bertz CT molecular complexity index is 616. The number of hydrogen-bond acceptors (Lipinski definition) is 4. The van der Waals surface area contributed by atoms with Gasteiger partial charge < -0.3 is 9.64 Å². The second-order valence-corrected chi connectivity index (χ2v) is 9.67. The molecule has 1 fully saturated rings. The fraction of sp³-hybridized carbons (Fsp3) is 0.792. The number of ketones is 1. The molecule has 4 heteroatoms. The number of Topliss-reactive ketones (excluding diaryl/α,β-unsaturated/α-hetero) is 1. The maximum absolute atomic E-state index is 13.0. The minimum Gasteiger partial charge on any atom is -0.381 e. The van der Waals surface area contributed by atoms with Crippen LogP contribution in [0.25, 0.3) is 0 Å². The summed E-state index contributed by atoms with van der Waals surface area (Å²) < 4.78 is 5.59. The van der Waals surface area contributed by atoms with Crippen molar-refractivity contribution in [1.29, 1.82) is 0 Å². The molecule has 0 radical (unpaired) electrons. The third-order valence-electron chi connectivity index (χ3n) is 6.08. The number of nitrogens with zero attached hydrogens (tertiary/aromatic N) is 1. The van der Waals surface area contributed by atoms with Gasteiger partial charge in [0, 0.05) is 42.7 Å². The van der Waals surface area contributed by atoms with Gasteiger partial charge in [-0.25, -0.2) is 0 Å². The predicted octanol–water partition coefficient (Wildman–Crippen LogP) is 6.97. The predicted molar refractivity (Wildman–Crippen MR) is 122 cm³/mol. The Morgan fingerprint density at radius 1 is 1.14 bits per heavy atom. The normalized spacial score (nSPS) is 16.5. The molecule has 0 aromatic carbocycles. The van der Waals surface area contributed by atoms with E-state index in [9.17, 15) is 4.79 Å². The summed E-state index contributed by atoms with van der Waals surface area (Å²) in [5.74, 6) is 1.55. The minimum atomic E-state index is 0.323. The van der Waals surface area contributed by atoms with E-state index >= 15 is 0 Å². The Morgan fingerprint density at radius 3 is 2.36 bits per heavy atom. The van der Waals surface area contributed by atoms with Crippen LogP contribution in [0.4, 0.5) is 5.00 Å². The van der Waals surface area contributed by atoms with Crippen LogP contribution in [0.2, 0.25) is 0 Å². The first-order chi connectivity index (χ1) is 13.4. The molecule has 0 aliphatic carbocycles. The molecule has 1 aliphatic rings. The van der Waals surface area contributed by atoms with E-state index in [1.807, 2.05) is 18.3 Å². The molecule has 160 valence electrons. The summed E-state index contributed by atoms with van der Waals surface area (Å²) in [5.41, 5.74) is 2.28. The van der Waals surface area contributed by atoms with Crippen molar-refractivity contribution >= 4 is 22.1 Å². The molecule has 0 saturated carbocycles. The first-order valence-corrected chi connectivity index (χ1v) is 12.3. The highest BCUT2D eigenvalue weighted by molar-refractivity contribution is 7.16. The molecular weight excluding hydrogens is 366 g/mol. The Kier molecular flexibility index (Phi) is 9.49. The Hall–Kier alpha value is -0.870. The van der Waals surface area contributed by atoms with E-state index in [0.717, 1.165) is 38.2 Å². The molecule has 2 rings (SSSR count). The molecule has 0 spiro atoms. The molecule has 1 saturated heterocycles. The fourth-order valence-electron chi connectivity index (χ4n) is 4.46. The van der Waals surface area contributed by atoms with Crippen molar-refractivity contribution < 1.29 is 9.53 Å². The molecule has 1 aromatic heterocycles. The summed E-state index contributed by atoms with van der Waals surface area (Å²) in [7, 11) is 0. The van der Waals surface area contributed by atoms with Crippen molar-refractivity contribution in [2.75, 3.05) is 24.7 Å². The third-order valence-corrected chi connectivity index (χ3v) is 7.57. The van der Waals surface area contributed by atoms with Gasteiger partial charge in [-0.1, -0.05) is 40.5 Å². The van der Waals surface area contributed by atoms with Crippen LogP contribution in [-0.4, -0.2) is 31.6 Å². The van der Waals surface area contributed by atoms with Gasteiger partial charge in [-0.2, -0.15) is 0 Å². The zero-order valence-electron chi connectivity index (χ0n) is 19.0. The lowest BCUT2D eigenvalue weighted by Gasteiger charge is -2.35. The highest BCUT2D eigenvalue weighted by atomic mass is 32.1. The molecule has 28 heavy (non-hydrogen) atoms. The standard InChI is InChI=1S/C24H41NO2S/c1-7-10-19(12-11-17(4)5)23-22(21(26)8-2)18(6)24(28-23)25(9-3)20-13-15-27-16-14-20/h17,19-20H,7-16H2,1-6H3. The molecule has 0 amide bonds. The number of anilines is 1. The van der Waals surface area contributed by atoms with E-state index in [0.29, 0.717) is 30.1 Å². The molecular formula is C24H41NO2S. The minimum absolute atomic E-state index is 0.323. The van der Waals surface area contributed by atoms with Crippen LogP contribution in [0.1, 0.15) is 106 Å². The van der Waals surface area contributed by atoms with Crippen LogP contribution in [-0.2, 0) is 4.74 Å². The molecule has 1 aromatic rings. The average Bonchev–Trinajstić information content (AvgIpc) is 3.03. The van der Waals surface area contributed by atoms with Crippen LogP contribution < -0.4 is 4.90 Å². The second-order valence-electron chi connectivity index (χ2n) is 8.63. The molecule has 1 aliphatic heterocycles. The number of ether oxygens (including phenoxy) is 1. The Balaban J connectivity index is 2.45. The van der Waals surface area contributed by atoms with E-state index in [-0.39, 0.29) is 0 Å². The van der Waals surface area contributed by atoms with Gasteiger partial charge >= 0.3 is 0 Å². The number of rotatable bonds is 11. The van der Waals surface area contributed by atoms with E-state index in [1.165, 1.54) is 41.1 Å². The van der Waals surface area contributed by atoms with Gasteiger partial charge in [0.1, 0.15) is 0 Å². The largest absolute Gasteiger partial charge is 0.381 e. The van der Waals surface area contributed by atoms with Gasteiger partial charge in [0.05, 0.1) is 5.00 Å². The van der Waals surface area contributed by atoms with E-state index in [2.05, 4.69) is 39.5 Å². The highest BCUT2D eigenvalue weighted by Gasteiger charge is 2.30. The topological polar surface area (TPSA) is 29.5 Å². The summed E-state index contributed by atoms with van der Waals surface area (Å²) in [4.78, 5) is 16.9. The number of carbonyl (C=O) groups is 1. The lowest BCUT2D eigenvalue weighted by atomic mass is 9.89. The van der Waals surface area contributed by atoms with Gasteiger partial charge in [-0.3, -0.25) is 4.79 Å². The maximum atomic E-state index is 13.0. The summed E-state index contributed by atoms with van der Waals surface area (Å²) >= 11 is 1.92. The Morgan fingerprint density at radius 2 is 1.82 bits per heavy atom. The first kappa shape index (κ1) is 23.4. The zero-order chi connectivity index (χ0) is 20.7. The van der Waals surface area contributed by atoms with Crippen molar-refractivity contribution in [2.45, 2.75) is 98.4 Å². The molecule has 0 bridgehead atoms. The average molecular weight is 408 g/mol. The van der Waals surface area contributed by atoms with Gasteiger partial charge in [-0.15, -0.1) is 11.3 Å². The number of hydrogen-bond donors (Lipinski definition) is 0. The Labute approximate surface area is 176 Å². The summed E-state index contributed by atoms with van der Waals surface area (Å²) in [6.07, 6.45) is 7.54. The quantitative estimate of drug-likeness (QED) is 0.371. The highest BCUT2D eigenvalue weighted by Crippen LogP contribution is 2.44. The molecule has 1 unspecified atom stereocenters. The van der Waals surface area contributed by atoms with Gasteiger partial charge in [0.25, 0.3) is 0 Å². The summed E-state index contributed by atoms with van der Waals surface area (Å²) in [6, 6.07) is 0.536. The monoisotopic (exact) mass is 407 g/mol. The SMILES string of the molecule is CCCC(CCC(C)C)c1sc(N(CC)C2CCOCC2)c(C)c1C(=O)CC. The van der Waals surface area contributed by atoms with E-state index < -0.39 is 0 Å². The molecule has 0 N–H and O–H groups in total. The van der Waals surface area contributed by atoms with E-state index in [4.69, 9.17) is 4.74 Å². The molecule has 2 heterocycles. The van der Waals surface area contributed by atoms with Crippen molar-refractivity contribution in [3.05, 3.63) is 16.0 Å². The maximum Gasteiger partial charge on any atom is 0.164 e. The summed E-state index contributed by atoms with van der Waals surface area (Å²) in [5, 5.41) is 1.34. The zero-order valence-corrected chi connectivity index (χ0v) is 19.8. The van der Waals surface area contributed by atoms with Crippen LogP contribution >= 0.6 is 11.3 Å². The van der Waals surface area contributed by atoms with Crippen LogP contribution in [0.15, 0.2) is 0 Å².